The summed E-state index contributed by atoms with van der Waals surface area (Å²) in [5.41, 5.74) is 4.49. The first kappa shape index (κ1) is 11.9. The molecule has 0 unspecified atom stereocenters. The van der Waals surface area contributed by atoms with E-state index in [1.807, 2.05) is 24.3 Å². The molecule has 0 fully saturated rings. The van der Waals surface area contributed by atoms with Crippen molar-refractivity contribution in [3.8, 4) is 17.2 Å². The smallest absolute Gasteiger partial charge is 0.191 e. The van der Waals surface area contributed by atoms with Crippen LogP contribution in [0.4, 0.5) is 0 Å². The molecule has 19 heavy (non-hydrogen) atoms. The molecule has 94 valence electrons. The molecule has 0 radical (unpaired) electrons. The van der Waals surface area contributed by atoms with Crippen LogP contribution in [0.15, 0.2) is 47.4 Å². The summed E-state index contributed by atoms with van der Waals surface area (Å²) in [6.45, 7) is 0. The number of hydrogen-bond acceptors (Lipinski definition) is 3. The third-order valence-corrected chi connectivity index (χ3v) is 4.86. The molecule has 0 saturated carbocycles. The Kier molecular flexibility index (Phi) is 2.65. The number of benzene rings is 2. The van der Waals surface area contributed by atoms with Gasteiger partial charge in [0.1, 0.15) is 5.75 Å². The van der Waals surface area contributed by atoms with Gasteiger partial charge in [-0.2, -0.15) is 5.26 Å². The molecule has 2 aromatic carbocycles. The number of hydrogen-bond donors (Lipinski definition) is 0. The van der Waals surface area contributed by atoms with Crippen LogP contribution in [0.3, 0.4) is 0 Å². The van der Waals surface area contributed by atoms with E-state index in [-0.39, 0.29) is 4.90 Å². The van der Waals surface area contributed by atoms with E-state index < -0.39 is 15.6 Å². The van der Waals surface area contributed by atoms with Crippen LogP contribution in [-0.4, -0.2) is 14.2 Å². The maximum absolute atomic E-state index is 11.9. The third-order valence-electron chi connectivity index (χ3n) is 3.38. The molecule has 0 spiro atoms. The van der Waals surface area contributed by atoms with Crippen molar-refractivity contribution in [2.45, 2.75) is 11.3 Å². The first-order valence-electron chi connectivity index (χ1n) is 5.93. The van der Waals surface area contributed by atoms with Crippen LogP contribution in [0.25, 0.3) is 11.1 Å². The van der Waals surface area contributed by atoms with Crippen LogP contribution in [0, 0.1) is 11.3 Å². The van der Waals surface area contributed by atoms with Crippen molar-refractivity contribution in [3.05, 3.63) is 53.6 Å². The largest absolute Gasteiger partial charge is 0.223 e. The summed E-state index contributed by atoms with van der Waals surface area (Å²) in [6.07, 6.45) is 0.751. The lowest BCUT2D eigenvalue weighted by molar-refractivity contribution is 0.599. The van der Waals surface area contributed by atoms with Crippen molar-refractivity contribution in [3.63, 3.8) is 0 Å². The Labute approximate surface area is 112 Å². The van der Waals surface area contributed by atoms with Gasteiger partial charge < -0.3 is 0 Å². The Morgan fingerprint density at radius 3 is 2.58 bits per heavy atom. The Hall–Kier alpha value is -2.12. The molecular formula is C15H11NO2S. The lowest BCUT2D eigenvalue weighted by Gasteiger charge is -2.04. The van der Waals surface area contributed by atoms with Crippen molar-refractivity contribution in [2.24, 2.45) is 0 Å². The molecular weight excluding hydrogens is 258 g/mol. The predicted molar refractivity (Wildman–Crippen MR) is 72.3 cm³/mol. The van der Waals surface area contributed by atoms with E-state index in [1.54, 1.807) is 18.2 Å². The van der Waals surface area contributed by atoms with Gasteiger partial charge in [-0.3, -0.25) is 0 Å². The minimum Gasteiger partial charge on any atom is -0.223 e. The third kappa shape index (κ3) is 1.92. The lowest BCUT2D eigenvalue weighted by atomic mass is 10.1. The average Bonchev–Trinajstić information content (AvgIpc) is 2.76. The SMILES string of the molecule is N#CCS(=O)(=O)c1ccc2c(c1)Cc1ccccc1-2. The van der Waals surface area contributed by atoms with Gasteiger partial charge in [-0.1, -0.05) is 30.3 Å². The van der Waals surface area contributed by atoms with E-state index >= 15 is 0 Å². The Morgan fingerprint density at radius 2 is 1.79 bits per heavy atom. The molecule has 0 bridgehead atoms. The zero-order valence-corrected chi connectivity index (χ0v) is 10.9. The normalized spacial score (nSPS) is 12.6. The second-order valence-corrected chi connectivity index (χ2v) is 6.56. The number of sulfone groups is 1. The highest BCUT2D eigenvalue weighted by Crippen LogP contribution is 2.37. The van der Waals surface area contributed by atoms with Gasteiger partial charge in [0.2, 0.25) is 0 Å². The van der Waals surface area contributed by atoms with Crippen LogP contribution in [0.1, 0.15) is 11.1 Å². The molecule has 0 heterocycles. The summed E-state index contributed by atoms with van der Waals surface area (Å²) in [5, 5.41) is 8.57. The molecule has 0 amide bonds. The van der Waals surface area contributed by atoms with Crippen molar-refractivity contribution in [2.75, 3.05) is 5.75 Å². The standard InChI is InChI=1S/C15H11NO2S/c16-7-8-19(17,18)13-5-6-15-12(10-13)9-11-3-1-2-4-14(11)15/h1-6,10H,8-9H2. The minimum atomic E-state index is -3.48. The maximum atomic E-state index is 11.9. The van der Waals surface area contributed by atoms with Crippen molar-refractivity contribution >= 4 is 9.84 Å². The fourth-order valence-corrected chi connectivity index (χ4v) is 3.42. The molecule has 0 atom stereocenters. The van der Waals surface area contributed by atoms with E-state index in [9.17, 15) is 8.42 Å². The van der Waals surface area contributed by atoms with E-state index in [1.165, 1.54) is 11.1 Å². The van der Waals surface area contributed by atoms with E-state index in [0.717, 1.165) is 17.5 Å². The van der Waals surface area contributed by atoms with E-state index in [4.69, 9.17) is 5.26 Å². The van der Waals surface area contributed by atoms with Crippen LogP contribution in [0.5, 0.6) is 0 Å². The fourth-order valence-electron chi connectivity index (χ4n) is 2.48. The van der Waals surface area contributed by atoms with Crippen LogP contribution in [0.2, 0.25) is 0 Å². The van der Waals surface area contributed by atoms with Gasteiger partial charge in [0, 0.05) is 0 Å². The number of nitriles is 1. The van der Waals surface area contributed by atoms with Crippen molar-refractivity contribution in [1.82, 2.24) is 0 Å². The summed E-state index contributed by atoms with van der Waals surface area (Å²) < 4.78 is 23.8. The second-order valence-electron chi connectivity index (χ2n) is 4.57. The van der Waals surface area contributed by atoms with Crippen LogP contribution < -0.4 is 0 Å². The summed E-state index contributed by atoms with van der Waals surface area (Å²) in [7, 11) is -3.48. The molecule has 4 heteroatoms. The zero-order chi connectivity index (χ0) is 13.5. The quantitative estimate of drug-likeness (QED) is 0.718. The first-order valence-corrected chi connectivity index (χ1v) is 7.58. The highest BCUT2D eigenvalue weighted by molar-refractivity contribution is 7.91. The van der Waals surface area contributed by atoms with Gasteiger partial charge in [-0.25, -0.2) is 8.42 Å². The van der Waals surface area contributed by atoms with Crippen LogP contribution >= 0.6 is 0 Å². The predicted octanol–water partition coefficient (Wildman–Crippen LogP) is 2.56. The average molecular weight is 269 g/mol. The summed E-state index contributed by atoms with van der Waals surface area (Å²) in [5.74, 6) is -0.473. The van der Waals surface area contributed by atoms with Gasteiger partial charge in [0.25, 0.3) is 0 Å². The second kappa shape index (κ2) is 4.22. The fraction of sp³-hybridized carbons (Fsp3) is 0.133. The number of rotatable bonds is 2. The summed E-state index contributed by atoms with van der Waals surface area (Å²) >= 11 is 0. The van der Waals surface area contributed by atoms with E-state index in [0.29, 0.717) is 0 Å². The molecule has 1 aliphatic carbocycles. The van der Waals surface area contributed by atoms with Gasteiger partial charge in [-0.15, -0.1) is 0 Å². The highest BCUT2D eigenvalue weighted by atomic mass is 32.2. The Morgan fingerprint density at radius 1 is 1.05 bits per heavy atom. The lowest BCUT2D eigenvalue weighted by Crippen LogP contribution is -2.05. The van der Waals surface area contributed by atoms with Crippen molar-refractivity contribution in [1.29, 1.82) is 5.26 Å². The molecule has 3 nitrogen and oxygen atoms in total. The highest BCUT2D eigenvalue weighted by Gasteiger charge is 2.21. The topological polar surface area (TPSA) is 57.9 Å². The Bertz CT molecular complexity index is 801. The van der Waals surface area contributed by atoms with Gasteiger partial charge in [0.05, 0.1) is 11.0 Å². The van der Waals surface area contributed by atoms with Crippen molar-refractivity contribution < 1.29 is 8.42 Å². The number of nitrogens with zero attached hydrogens (tertiary/aromatic N) is 1. The van der Waals surface area contributed by atoms with Gasteiger partial charge in [-0.05, 0) is 40.8 Å². The van der Waals surface area contributed by atoms with E-state index in [2.05, 4.69) is 6.07 Å². The Balaban J connectivity index is 2.10. The molecule has 1 aliphatic rings. The maximum Gasteiger partial charge on any atom is 0.191 e. The summed E-state index contributed by atoms with van der Waals surface area (Å²) in [4.78, 5) is 0.237. The summed E-state index contributed by atoms with van der Waals surface area (Å²) in [6, 6.07) is 14.9. The molecule has 0 aliphatic heterocycles. The zero-order valence-electron chi connectivity index (χ0n) is 10.1. The molecule has 2 aromatic rings. The molecule has 0 N–H and O–H groups in total. The molecule has 0 saturated heterocycles. The monoisotopic (exact) mass is 269 g/mol. The first-order chi connectivity index (χ1) is 9.12. The molecule has 3 rings (SSSR count). The van der Waals surface area contributed by atoms with Crippen LogP contribution in [-0.2, 0) is 16.3 Å². The minimum absolute atomic E-state index is 0.237. The number of fused-ring (bicyclic) bond motifs is 3. The molecule has 0 aromatic heterocycles. The van der Waals surface area contributed by atoms with Gasteiger partial charge >= 0.3 is 0 Å². The van der Waals surface area contributed by atoms with Gasteiger partial charge in [0.15, 0.2) is 9.84 Å².